The molecule has 0 unspecified atom stereocenters. The number of thioether (sulfide) groups is 1. The van der Waals surface area contributed by atoms with Crippen LogP contribution in [0.4, 0.5) is 0 Å². The molecule has 2 aromatic carbocycles. The van der Waals surface area contributed by atoms with Crippen molar-refractivity contribution in [1.29, 1.82) is 0 Å². The molecule has 1 aliphatic carbocycles. The molecule has 0 amide bonds. The maximum Gasteiger partial charge on any atom is 0.199 e. The molecule has 24 heavy (non-hydrogen) atoms. The van der Waals surface area contributed by atoms with E-state index in [0.29, 0.717) is 16.5 Å². The Morgan fingerprint density at radius 2 is 1.62 bits per heavy atom. The summed E-state index contributed by atoms with van der Waals surface area (Å²) in [5, 5.41) is 1.14. The number of rotatable bonds is 3. The first-order chi connectivity index (χ1) is 11.5. The van der Waals surface area contributed by atoms with Gasteiger partial charge in [-0.3, -0.25) is 9.59 Å². The van der Waals surface area contributed by atoms with Gasteiger partial charge in [-0.15, -0.1) is 0 Å². The molecule has 1 fully saturated rings. The van der Waals surface area contributed by atoms with E-state index in [1.54, 1.807) is 18.4 Å². The highest BCUT2D eigenvalue weighted by Gasteiger charge is 2.47. The lowest BCUT2D eigenvalue weighted by molar-refractivity contribution is -0.126. The standard InChI is InChI=1S/C19H16Cl2O2S/c1-24-19(23)18-16(22)10-15(11-4-2-6-13(20)8-11)17(18)12-5-3-7-14(21)9-12/h2-9,15,17-18H,10H2,1H3/t15-,17-,18-/m0/s1. The summed E-state index contributed by atoms with van der Waals surface area (Å²) in [5.41, 5.74) is 1.91. The van der Waals surface area contributed by atoms with Gasteiger partial charge in [0.15, 0.2) is 5.12 Å². The summed E-state index contributed by atoms with van der Waals surface area (Å²) in [6.45, 7) is 0. The molecule has 0 bridgehead atoms. The van der Waals surface area contributed by atoms with Crippen LogP contribution in [0.2, 0.25) is 10.0 Å². The van der Waals surface area contributed by atoms with Crippen molar-refractivity contribution in [1.82, 2.24) is 0 Å². The first-order valence-corrected chi connectivity index (χ1v) is 9.61. The lowest BCUT2D eigenvalue weighted by atomic mass is 9.80. The Labute approximate surface area is 155 Å². The van der Waals surface area contributed by atoms with Gasteiger partial charge in [0.25, 0.3) is 0 Å². The molecule has 3 atom stereocenters. The van der Waals surface area contributed by atoms with Crippen LogP contribution < -0.4 is 0 Å². The van der Waals surface area contributed by atoms with E-state index >= 15 is 0 Å². The van der Waals surface area contributed by atoms with E-state index in [-0.39, 0.29) is 22.7 Å². The van der Waals surface area contributed by atoms with Gasteiger partial charge in [0.2, 0.25) is 0 Å². The van der Waals surface area contributed by atoms with Gasteiger partial charge in [-0.05, 0) is 47.6 Å². The summed E-state index contributed by atoms with van der Waals surface area (Å²) in [6.07, 6.45) is 2.06. The van der Waals surface area contributed by atoms with E-state index in [1.807, 2.05) is 36.4 Å². The molecule has 0 spiro atoms. The third-order valence-electron chi connectivity index (χ3n) is 4.53. The van der Waals surface area contributed by atoms with Crippen LogP contribution in [-0.2, 0) is 9.59 Å². The smallest absolute Gasteiger partial charge is 0.199 e. The highest BCUT2D eigenvalue weighted by molar-refractivity contribution is 8.13. The molecular formula is C19H16Cl2O2S. The van der Waals surface area contributed by atoms with Crippen LogP contribution in [0.25, 0.3) is 0 Å². The monoisotopic (exact) mass is 378 g/mol. The third kappa shape index (κ3) is 3.39. The average molecular weight is 379 g/mol. The SMILES string of the molecule is CSC(=O)[C@H]1C(=O)C[C@@H](c2cccc(Cl)c2)[C@@H]1c1cccc(Cl)c1. The van der Waals surface area contributed by atoms with Gasteiger partial charge in [-0.2, -0.15) is 0 Å². The number of hydrogen-bond donors (Lipinski definition) is 0. The second-order valence-electron chi connectivity index (χ2n) is 5.91. The van der Waals surface area contributed by atoms with Gasteiger partial charge in [-0.25, -0.2) is 0 Å². The summed E-state index contributed by atoms with van der Waals surface area (Å²) in [6, 6.07) is 15.0. The van der Waals surface area contributed by atoms with Gasteiger partial charge in [0, 0.05) is 22.4 Å². The van der Waals surface area contributed by atoms with Crippen LogP contribution in [-0.4, -0.2) is 17.2 Å². The number of carbonyl (C=O) groups is 2. The molecule has 3 rings (SSSR count). The van der Waals surface area contributed by atoms with Gasteiger partial charge in [0.1, 0.15) is 5.78 Å². The zero-order valence-electron chi connectivity index (χ0n) is 13.0. The van der Waals surface area contributed by atoms with Crippen molar-refractivity contribution in [3.63, 3.8) is 0 Å². The highest BCUT2D eigenvalue weighted by Crippen LogP contribution is 2.49. The van der Waals surface area contributed by atoms with E-state index < -0.39 is 5.92 Å². The number of benzene rings is 2. The second-order valence-corrected chi connectivity index (χ2v) is 7.60. The molecule has 0 saturated heterocycles. The zero-order valence-corrected chi connectivity index (χ0v) is 15.4. The summed E-state index contributed by atoms with van der Waals surface area (Å²) in [4.78, 5) is 25.0. The van der Waals surface area contributed by atoms with Crippen molar-refractivity contribution in [2.45, 2.75) is 18.3 Å². The Hall–Kier alpha value is -1.29. The maximum atomic E-state index is 12.6. The molecule has 1 saturated carbocycles. The molecule has 2 nitrogen and oxygen atoms in total. The van der Waals surface area contributed by atoms with Gasteiger partial charge >= 0.3 is 0 Å². The number of Topliss-reactive ketones (excluding diaryl/α,β-unsaturated/α-hetero) is 1. The van der Waals surface area contributed by atoms with E-state index in [2.05, 4.69) is 0 Å². The fraction of sp³-hybridized carbons (Fsp3) is 0.263. The molecule has 0 N–H and O–H groups in total. The summed E-state index contributed by atoms with van der Waals surface area (Å²) >= 11 is 13.4. The molecule has 124 valence electrons. The number of hydrogen-bond acceptors (Lipinski definition) is 3. The first-order valence-electron chi connectivity index (χ1n) is 7.62. The van der Waals surface area contributed by atoms with Gasteiger partial charge in [0.05, 0.1) is 5.92 Å². The molecule has 1 aliphatic rings. The average Bonchev–Trinajstić information content (AvgIpc) is 2.91. The van der Waals surface area contributed by atoms with E-state index in [4.69, 9.17) is 23.2 Å². The minimum absolute atomic E-state index is 0.00991. The van der Waals surface area contributed by atoms with E-state index in [9.17, 15) is 9.59 Å². The largest absolute Gasteiger partial charge is 0.299 e. The Morgan fingerprint density at radius 1 is 1.04 bits per heavy atom. The van der Waals surface area contributed by atoms with Crippen LogP contribution in [0.3, 0.4) is 0 Å². The van der Waals surface area contributed by atoms with Crippen molar-refractivity contribution in [2.75, 3.05) is 6.26 Å². The van der Waals surface area contributed by atoms with Crippen molar-refractivity contribution in [3.8, 4) is 0 Å². The fourth-order valence-electron chi connectivity index (χ4n) is 3.51. The number of carbonyl (C=O) groups excluding carboxylic acids is 2. The van der Waals surface area contributed by atoms with Crippen molar-refractivity contribution in [3.05, 3.63) is 69.7 Å². The molecule has 0 aromatic heterocycles. The minimum Gasteiger partial charge on any atom is -0.299 e. The molecule has 0 aliphatic heterocycles. The van der Waals surface area contributed by atoms with Crippen LogP contribution in [0.5, 0.6) is 0 Å². The highest BCUT2D eigenvalue weighted by atomic mass is 35.5. The predicted molar refractivity (Wildman–Crippen MR) is 100 cm³/mol. The Balaban J connectivity index is 2.10. The van der Waals surface area contributed by atoms with Crippen molar-refractivity contribution in [2.24, 2.45) is 5.92 Å². The van der Waals surface area contributed by atoms with E-state index in [0.717, 1.165) is 22.9 Å². The van der Waals surface area contributed by atoms with Crippen LogP contribution in [0.15, 0.2) is 48.5 Å². The Bertz CT molecular complexity index is 790. The maximum absolute atomic E-state index is 12.6. The minimum atomic E-state index is -0.637. The normalized spacial score (nSPS) is 23.5. The van der Waals surface area contributed by atoms with Crippen LogP contribution in [0, 0.1) is 5.92 Å². The van der Waals surface area contributed by atoms with Crippen LogP contribution >= 0.6 is 35.0 Å². The lowest BCUT2D eigenvalue weighted by Crippen LogP contribution is -2.22. The van der Waals surface area contributed by atoms with Crippen molar-refractivity contribution < 1.29 is 9.59 Å². The Morgan fingerprint density at radius 3 is 2.21 bits per heavy atom. The first kappa shape index (κ1) is 17.5. The molecule has 0 radical (unpaired) electrons. The molecular weight excluding hydrogens is 363 g/mol. The zero-order chi connectivity index (χ0) is 17.3. The van der Waals surface area contributed by atoms with Gasteiger partial charge in [-0.1, -0.05) is 59.2 Å². The number of ketones is 1. The second kappa shape index (κ2) is 7.30. The van der Waals surface area contributed by atoms with Crippen LogP contribution in [0.1, 0.15) is 29.4 Å². The Kier molecular flexibility index (Phi) is 5.33. The quantitative estimate of drug-likeness (QED) is 0.675. The van der Waals surface area contributed by atoms with Crippen molar-refractivity contribution >= 4 is 45.9 Å². The topological polar surface area (TPSA) is 34.1 Å². The third-order valence-corrected chi connectivity index (χ3v) is 5.65. The lowest BCUT2D eigenvalue weighted by Gasteiger charge is -2.24. The summed E-state index contributed by atoms with van der Waals surface area (Å²) in [7, 11) is 0. The molecule has 5 heteroatoms. The molecule has 0 heterocycles. The molecule has 2 aromatic rings. The fourth-order valence-corrected chi connectivity index (χ4v) is 4.44. The number of halogens is 2. The summed E-state index contributed by atoms with van der Waals surface area (Å²) < 4.78 is 0. The van der Waals surface area contributed by atoms with Gasteiger partial charge < -0.3 is 0 Å². The predicted octanol–water partition coefficient (Wildman–Crippen LogP) is 5.34. The summed E-state index contributed by atoms with van der Waals surface area (Å²) in [5.74, 6) is -0.933. The van der Waals surface area contributed by atoms with E-state index in [1.165, 1.54) is 0 Å².